The lowest BCUT2D eigenvalue weighted by Gasteiger charge is -2.08. The van der Waals surface area contributed by atoms with Crippen molar-refractivity contribution in [2.45, 2.75) is 20.3 Å². The van der Waals surface area contributed by atoms with Gasteiger partial charge in [0.1, 0.15) is 16.4 Å². The molecule has 0 bridgehead atoms. The largest absolute Gasteiger partial charge is 0.496 e. The molecule has 2 aromatic carbocycles. The Bertz CT molecular complexity index is 1170. The summed E-state index contributed by atoms with van der Waals surface area (Å²) in [7, 11) is 1.65. The number of ether oxygens (including phenoxy) is 1. The number of fused-ring (bicyclic) bond motifs is 1. The molecule has 0 aliphatic heterocycles. The summed E-state index contributed by atoms with van der Waals surface area (Å²) < 4.78 is 5.41. The normalized spacial score (nSPS) is 11.1. The van der Waals surface area contributed by atoms with Gasteiger partial charge in [0.25, 0.3) is 5.56 Å². The molecule has 2 heterocycles. The number of nitrogens with zero attached hydrogens (tertiary/aromatic N) is 1. The number of aromatic amines is 1. The fourth-order valence-corrected chi connectivity index (χ4v) is 4.41. The highest BCUT2D eigenvalue weighted by molar-refractivity contribution is 7.19. The summed E-state index contributed by atoms with van der Waals surface area (Å²) in [5.74, 6) is 1.44. The van der Waals surface area contributed by atoms with Crippen molar-refractivity contribution >= 4 is 21.6 Å². The van der Waals surface area contributed by atoms with Gasteiger partial charge in [-0.25, -0.2) is 4.98 Å². The number of aromatic nitrogens is 2. The highest BCUT2D eigenvalue weighted by Crippen LogP contribution is 2.35. The van der Waals surface area contributed by atoms with Gasteiger partial charge in [-0.05, 0) is 25.5 Å². The van der Waals surface area contributed by atoms with Gasteiger partial charge in [-0.3, -0.25) is 4.79 Å². The Labute approximate surface area is 161 Å². The third-order valence-corrected chi connectivity index (χ3v) is 5.68. The molecule has 0 atom stereocenters. The molecule has 136 valence electrons. The van der Waals surface area contributed by atoms with Crippen molar-refractivity contribution in [3.8, 4) is 16.9 Å². The average Bonchev–Trinajstić information content (AvgIpc) is 2.99. The standard InChI is InChI=1S/C22H20N2O2S/c1-13-8-10-15(11-9-13)19-14(2)27-22-20(19)21(25)23-18(24-22)12-16-6-4-5-7-17(16)26-3/h4-11H,12H2,1-3H3,(H,23,24,25). The minimum Gasteiger partial charge on any atom is -0.496 e. The number of para-hydroxylation sites is 1. The van der Waals surface area contributed by atoms with E-state index in [1.165, 1.54) is 5.56 Å². The summed E-state index contributed by atoms with van der Waals surface area (Å²) in [6.45, 7) is 4.10. The van der Waals surface area contributed by atoms with E-state index in [4.69, 9.17) is 9.72 Å². The molecular formula is C22H20N2O2S. The smallest absolute Gasteiger partial charge is 0.260 e. The van der Waals surface area contributed by atoms with Crippen LogP contribution in [-0.2, 0) is 6.42 Å². The number of hydrogen-bond acceptors (Lipinski definition) is 4. The first kappa shape index (κ1) is 17.5. The number of H-pyrrole nitrogens is 1. The maximum atomic E-state index is 12.9. The van der Waals surface area contributed by atoms with Crippen molar-refractivity contribution in [1.82, 2.24) is 9.97 Å². The van der Waals surface area contributed by atoms with E-state index in [0.29, 0.717) is 17.6 Å². The molecule has 27 heavy (non-hydrogen) atoms. The third kappa shape index (κ3) is 3.26. The van der Waals surface area contributed by atoms with Gasteiger partial charge in [0.05, 0.1) is 12.5 Å². The van der Waals surface area contributed by atoms with Gasteiger partial charge in [0, 0.05) is 22.4 Å². The van der Waals surface area contributed by atoms with Crippen molar-refractivity contribution in [2.75, 3.05) is 7.11 Å². The van der Waals surface area contributed by atoms with Crippen LogP contribution >= 0.6 is 11.3 Å². The lowest BCUT2D eigenvalue weighted by Crippen LogP contribution is -2.12. The summed E-state index contributed by atoms with van der Waals surface area (Å²) in [4.78, 5) is 22.5. The molecule has 4 nitrogen and oxygen atoms in total. The summed E-state index contributed by atoms with van der Waals surface area (Å²) in [6, 6.07) is 16.0. The van der Waals surface area contributed by atoms with Gasteiger partial charge in [-0.1, -0.05) is 48.0 Å². The Morgan fingerprint density at radius 2 is 1.81 bits per heavy atom. The van der Waals surface area contributed by atoms with Gasteiger partial charge >= 0.3 is 0 Å². The van der Waals surface area contributed by atoms with Crippen molar-refractivity contribution in [3.05, 3.63) is 80.7 Å². The molecule has 4 aromatic rings. The van der Waals surface area contributed by atoms with E-state index in [1.54, 1.807) is 18.4 Å². The first-order valence-corrected chi connectivity index (χ1v) is 9.59. The first-order chi connectivity index (χ1) is 13.1. The van der Waals surface area contributed by atoms with Crippen molar-refractivity contribution < 1.29 is 4.74 Å². The van der Waals surface area contributed by atoms with E-state index in [9.17, 15) is 4.79 Å². The molecule has 0 amide bonds. The Morgan fingerprint density at radius 3 is 2.56 bits per heavy atom. The van der Waals surface area contributed by atoms with Crippen molar-refractivity contribution in [1.29, 1.82) is 0 Å². The SMILES string of the molecule is COc1ccccc1Cc1nc2sc(C)c(-c3ccc(C)cc3)c2c(=O)[nH]1. The van der Waals surface area contributed by atoms with Crippen LogP contribution < -0.4 is 10.3 Å². The molecule has 0 unspecified atom stereocenters. The van der Waals surface area contributed by atoms with E-state index in [2.05, 4.69) is 36.2 Å². The van der Waals surface area contributed by atoms with E-state index < -0.39 is 0 Å². The number of nitrogens with one attached hydrogen (secondary N) is 1. The van der Waals surface area contributed by atoms with E-state index in [1.807, 2.05) is 31.2 Å². The summed E-state index contributed by atoms with van der Waals surface area (Å²) in [5, 5.41) is 0.671. The molecule has 0 radical (unpaired) electrons. The zero-order valence-electron chi connectivity index (χ0n) is 15.5. The lowest BCUT2D eigenvalue weighted by atomic mass is 10.0. The van der Waals surface area contributed by atoms with Crippen molar-refractivity contribution in [3.63, 3.8) is 0 Å². The topological polar surface area (TPSA) is 55.0 Å². The van der Waals surface area contributed by atoms with Crippen LogP contribution in [0, 0.1) is 13.8 Å². The fraction of sp³-hybridized carbons (Fsp3) is 0.182. The molecule has 0 spiro atoms. The number of hydrogen-bond donors (Lipinski definition) is 1. The molecule has 0 saturated carbocycles. The fourth-order valence-electron chi connectivity index (χ4n) is 3.34. The van der Waals surface area contributed by atoms with E-state index in [0.717, 1.165) is 32.1 Å². The van der Waals surface area contributed by atoms with Crippen LogP contribution in [-0.4, -0.2) is 17.1 Å². The quantitative estimate of drug-likeness (QED) is 0.553. The first-order valence-electron chi connectivity index (χ1n) is 8.78. The Morgan fingerprint density at radius 1 is 1.07 bits per heavy atom. The lowest BCUT2D eigenvalue weighted by molar-refractivity contribution is 0.410. The predicted molar refractivity (Wildman–Crippen MR) is 111 cm³/mol. The number of rotatable bonds is 4. The van der Waals surface area contributed by atoms with Crippen LogP contribution in [0.5, 0.6) is 5.75 Å². The molecule has 0 aliphatic rings. The van der Waals surface area contributed by atoms with Gasteiger partial charge in [-0.2, -0.15) is 0 Å². The maximum absolute atomic E-state index is 12.9. The van der Waals surface area contributed by atoms with Crippen LogP contribution in [0.15, 0.2) is 53.3 Å². The average molecular weight is 376 g/mol. The summed E-state index contributed by atoms with van der Waals surface area (Å²) in [5.41, 5.74) is 4.13. The zero-order valence-corrected chi connectivity index (χ0v) is 16.3. The molecular weight excluding hydrogens is 356 g/mol. The van der Waals surface area contributed by atoms with Gasteiger partial charge in [0.15, 0.2) is 0 Å². The minimum absolute atomic E-state index is 0.0928. The number of benzene rings is 2. The summed E-state index contributed by atoms with van der Waals surface area (Å²) >= 11 is 1.56. The van der Waals surface area contributed by atoms with Crippen LogP contribution in [0.2, 0.25) is 0 Å². The minimum atomic E-state index is -0.0928. The zero-order chi connectivity index (χ0) is 19.0. The second-order valence-corrected chi connectivity index (χ2v) is 7.78. The molecule has 5 heteroatoms. The van der Waals surface area contributed by atoms with Gasteiger partial charge in [0.2, 0.25) is 0 Å². The van der Waals surface area contributed by atoms with E-state index in [-0.39, 0.29) is 5.56 Å². The Balaban J connectivity index is 1.82. The molecule has 0 fully saturated rings. The summed E-state index contributed by atoms with van der Waals surface area (Å²) in [6.07, 6.45) is 0.520. The van der Waals surface area contributed by atoms with Gasteiger partial charge in [-0.15, -0.1) is 11.3 Å². The number of thiophene rings is 1. The number of methoxy groups -OCH3 is 1. The molecule has 0 saturated heterocycles. The van der Waals surface area contributed by atoms with Crippen LogP contribution in [0.3, 0.4) is 0 Å². The monoisotopic (exact) mass is 376 g/mol. The van der Waals surface area contributed by atoms with E-state index >= 15 is 0 Å². The van der Waals surface area contributed by atoms with Crippen LogP contribution in [0.25, 0.3) is 21.3 Å². The van der Waals surface area contributed by atoms with Crippen molar-refractivity contribution in [2.24, 2.45) is 0 Å². The maximum Gasteiger partial charge on any atom is 0.260 e. The predicted octanol–water partition coefficient (Wildman–Crippen LogP) is 4.87. The van der Waals surface area contributed by atoms with Gasteiger partial charge < -0.3 is 9.72 Å². The van der Waals surface area contributed by atoms with Crippen LogP contribution in [0.4, 0.5) is 0 Å². The molecule has 2 aromatic heterocycles. The Hall–Kier alpha value is -2.92. The second-order valence-electron chi connectivity index (χ2n) is 6.58. The highest BCUT2D eigenvalue weighted by Gasteiger charge is 2.17. The van der Waals surface area contributed by atoms with Crippen LogP contribution in [0.1, 0.15) is 21.8 Å². The Kier molecular flexibility index (Phi) is 4.54. The second kappa shape index (κ2) is 7.00. The number of aryl methyl sites for hydroxylation is 2. The molecule has 1 N–H and O–H groups in total. The molecule has 4 rings (SSSR count). The highest BCUT2D eigenvalue weighted by atomic mass is 32.1. The third-order valence-electron chi connectivity index (χ3n) is 4.68. The molecule has 0 aliphatic carbocycles.